The highest BCUT2D eigenvalue weighted by Gasteiger charge is 2.17. The van der Waals surface area contributed by atoms with E-state index in [1.807, 2.05) is 12.1 Å². The number of rotatable bonds is 2. The van der Waals surface area contributed by atoms with E-state index < -0.39 is 0 Å². The molecule has 2 heteroatoms. The molecule has 0 aromatic heterocycles. The van der Waals surface area contributed by atoms with Gasteiger partial charge in [-0.15, -0.1) is 0 Å². The second-order valence-corrected chi connectivity index (χ2v) is 4.97. The summed E-state index contributed by atoms with van der Waals surface area (Å²) in [6, 6.07) is 17.3. The molecule has 92 valence electrons. The Hall–Kier alpha value is -1.96. The molecule has 1 aliphatic carbocycles. The first-order valence-electron chi connectivity index (χ1n) is 6.50. The van der Waals surface area contributed by atoms with Crippen LogP contribution >= 0.6 is 0 Å². The van der Waals surface area contributed by atoms with E-state index in [1.165, 1.54) is 24.0 Å². The third kappa shape index (κ3) is 2.33. The number of fused-ring (bicyclic) bond motifs is 1. The highest BCUT2D eigenvalue weighted by Crippen LogP contribution is 2.23. The van der Waals surface area contributed by atoms with Crippen molar-refractivity contribution in [3.05, 3.63) is 59.7 Å². The molecule has 0 radical (unpaired) electrons. The van der Waals surface area contributed by atoms with Crippen molar-refractivity contribution in [2.24, 2.45) is 0 Å². The predicted molar refractivity (Wildman–Crippen MR) is 76.7 cm³/mol. The van der Waals surface area contributed by atoms with Gasteiger partial charge >= 0.3 is 0 Å². The molecule has 2 nitrogen and oxygen atoms in total. The van der Waals surface area contributed by atoms with Gasteiger partial charge in [0.1, 0.15) is 0 Å². The smallest absolute Gasteiger partial charge is 0.0343 e. The summed E-state index contributed by atoms with van der Waals surface area (Å²) < 4.78 is 0. The molecular weight excluding hydrogens is 220 g/mol. The van der Waals surface area contributed by atoms with Crippen LogP contribution < -0.4 is 11.1 Å². The second-order valence-electron chi connectivity index (χ2n) is 4.97. The van der Waals surface area contributed by atoms with Gasteiger partial charge in [0.05, 0.1) is 0 Å². The van der Waals surface area contributed by atoms with Crippen LogP contribution in [0, 0.1) is 0 Å². The lowest BCUT2D eigenvalue weighted by Gasteiger charge is -2.26. The SMILES string of the molecule is Nc1ccc(NC2CCc3ccccc3C2)cc1. The zero-order valence-corrected chi connectivity index (χ0v) is 10.4. The van der Waals surface area contributed by atoms with Gasteiger partial charge in [-0.2, -0.15) is 0 Å². The largest absolute Gasteiger partial charge is 0.399 e. The summed E-state index contributed by atoms with van der Waals surface area (Å²) in [7, 11) is 0. The minimum atomic E-state index is 0.531. The molecule has 0 heterocycles. The first kappa shape index (κ1) is 11.1. The lowest BCUT2D eigenvalue weighted by atomic mass is 9.88. The molecule has 0 saturated heterocycles. The van der Waals surface area contributed by atoms with Crippen LogP contribution in [0.4, 0.5) is 11.4 Å². The highest BCUT2D eigenvalue weighted by molar-refractivity contribution is 5.52. The Morgan fingerprint density at radius 3 is 2.44 bits per heavy atom. The number of nitrogen functional groups attached to an aromatic ring is 1. The number of anilines is 2. The zero-order valence-electron chi connectivity index (χ0n) is 10.4. The molecule has 0 amide bonds. The molecule has 1 atom stereocenters. The minimum absolute atomic E-state index is 0.531. The number of nitrogens with one attached hydrogen (secondary N) is 1. The van der Waals surface area contributed by atoms with Gasteiger partial charge in [-0.05, 0) is 54.7 Å². The van der Waals surface area contributed by atoms with E-state index in [1.54, 1.807) is 0 Å². The van der Waals surface area contributed by atoms with E-state index >= 15 is 0 Å². The van der Waals surface area contributed by atoms with Gasteiger partial charge in [0.15, 0.2) is 0 Å². The summed E-state index contributed by atoms with van der Waals surface area (Å²) >= 11 is 0. The van der Waals surface area contributed by atoms with Gasteiger partial charge < -0.3 is 11.1 Å². The van der Waals surface area contributed by atoms with Crippen molar-refractivity contribution in [2.45, 2.75) is 25.3 Å². The van der Waals surface area contributed by atoms with Crippen molar-refractivity contribution in [3.63, 3.8) is 0 Å². The van der Waals surface area contributed by atoms with Crippen LogP contribution in [-0.2, 0) is 12.8 Å². The normalized spacial score (nSPS) is 18.1. The van der Waals surface area contributed by atoms with Gasteiger partial charge in [0, 0.05) is 17.4 Å². The van der Waals surface area contributed by atoms with Crippen molar-refractivity contribution >= 4 is 11.4 Å². The summed E-state index contributed by atoms with van der Waals surface area (Å²) in [5.41, 5.74) is 10.7. The van der Waals surface area contributed by atoms with E-state index in [2.05, 4.69) is 41.7 Å². The van der Waals surface area contributed by atoms with Crippen LogP contribution in [0.1, 0.15) is 17.5 Å². The molecule has 0 bridgehead atoms. The molecule has 0 fully saturated rings. The summed E-state index contributed by atoms with van der Waals surface area (Å²) in [6.07, 6.45) is 3.48. The number of hydrogen-bond acceptors (Lipinski definition) is 2. The van der Waals surface area contributed by atoms with Gasteiger partial charge in [-0.1, -0.05) is 24.3 Å². The summed E-state index contributed by atoms with van der Waals surface area (Å²) in [5, 5.41) is 3.59. The molecule has 0 spiro atoms. The molecule has 2 aromatic rings. The summed E-state index contributed by atoms with van der Waals surface area (Å²) in [6.45, 7) is 0. The van der Waals surface area contributed by atoms with Crippen molar-refractivity contribution in [1.82, 2.24) is 0 Å². The molecule has 3 N–H and O–H groups in total. The average Bonchev–Trinajstić information content (AvgIpc) is 2.41. The first-order chi connectivity index (χ1) is 8.81. The minimum Gasteiger partial charge on any atom is -0.399 e. The van der Waals surface area contributed by atoms with Crippen LogP contribution in [0.2, 0.25) is 0 Å². The van der Waals surface area contributed by atoms with Gasteiger partial charge in [0.2, 0.25) is 0 Å². The fraction of sp³-hybridized carbons (Fsp3) is 0.250. The fourth-order valence-electron chi connectivity index (χ4n) is 2.64. The zero-order chi connectivity index (χ0) is 12.4. The van der Waals surface area contributed by atoms with Crippen molar-refractivity contribution < 1.29 is 0 Å². The average molecular weight is 238 g/mol. The van der Waals surface area contributed by atoms with Crippen LogP contribution in [0.25, 0.3) is 0 Å². The van der Waals surface area contributed by atoms with Crippen molar-refractivity contribution in [2.75, 3.05) is 11.1 Å². The number of aryl methyl sites for hydroxylation is 1. The maximum Gasteiger partial charge on any atom is 0.0343 e. The molecule has 2 aromatic carbocycles. The molecule has 1 aliphatic rings. The fourth-order valence-corrected chi connectivity index (χ4v) is 2.64. The van der Waals surface area contributed by atoms with Crippen LogP contribution in [0.5, 0.6) is 0 Å². The summed E-state index contributed by atoms with van der Waals surface area (Å²) in [4.78, 5) is 0. The predicted octanol–water partition coefficient (Wildman–Crippen LogP) is 3.24. The Kier molecular flexibility index (Phi) is 2.93. The second kappa shape index (κ2) is 4.73. The Labute approximate surface area is 108 Å². The number of benzene rings is 2. The van der Waals surface area contributed by atoms with Gasteiger partial charge in [-0.25, -0.2) is 0 Å². The maximum absolute atomic E-state index is 5.70. The van der Waals surface area contributed by atoms with E-state index in [9.17, 15) is 0 Å². The van der Waals surface area contributed by atoms with E-state index in [0.29, 0.717) is 6.04 Å². The molecule has 18 heavy (non-hydrogen) atoms. The number of hydrogen-bond donors (Lipinski definition) is 2. The third-order valence-electron chi connectivity index (χ3n) is 3.63. The van der Waals surface area contributed by atoms with Crippen LogP contribution in [0.3, 0.4) is 0 Å². The van der Waals surface area contributed by atoms with Crippen molar-refractivity contribution in [1.29, 1.82) is 0 Å². The Balaban J connectivity index is 1.71. The number of nitrogens with two attached hydrogens (primary N) is 1. The Bertz CT molecular complexity index is 531. The topological polar surface area (TPSA) is 38.0 Å². The molecule has 0 saturated carbocycles. The maximum atomic E-state index is 5.70. The highest BCUT2D eigenvalue weighted by atomic mass is 14.9. The van der Waals surface area contributed by atoms with Crippen molar-refractivity contribution in [3.8, 4) is 0 Å². The van der Waals surface area contributed by atoms with Crippen LogP contribution in [-0.4, -0.2) is 6.04 Å². The van der Waals surface area contributed by atoms with E-state index in [4.69, 9.17) is 5.73 Å². The Morgan fingerprint density at radius 2 is 1.67 bits per heavy atom. The van der Waals surface area contributed by atoms with E-state index in [-0.39, 0.29) is 0 Å². The molecule has 1 unspecified atom stereocenters. The molecular formula is C16H18N2. The monoisotopic (exact) mass is 238 g/mol. The standard InChI is InChI=1S/C16H18N2/c17-14-6-9-15(10-7-14)18-16-8-5-12-3-1-2-4-13(12)11-16/h1-4,6-7,9-10,16,18H,5,8,11,17H2. The van der Waals surface area contributed by atoms with Crippen LogP contribution in [0.15, 0.2) is 48.5 Å². The molecule has 0 aliphatic heterocycles. The lowest BCUT2D eigenvalue weighted by molar-refractivity contribution is 0.611. The Morgan fingerprint density at radius 1 is 0.944 bits per heavy atom. The summed E-state index contributed by atoms with van der Waals surface area (Å²) in [5.74, 6) is 0. The first-order valence-corrected chi connectivity index (χ1v) is 6.50. The lowest BCUT2D eigenvalue weighted by Crippen LogP contribution is -2.27. The van der Waals surface area contributed by atoms with Gasteiger partial charge in [0.25, 0.3) is 0 Å². The van der Waals surface area contributed by atoms with Gasteiger partial charge in [-0.3, -0.25) is 0 Å². The third-order valence-corrected chi connectivity index (χ3v) is 3.63. The quantitative estimate of drug-likeness (QED) is 0.788. The molecule has 3 rings (SSSR count). The van der Waals surface area contributed by atoms with E-state index in [0.717, 1.165) is 17.8 Å².